The molecule has 122 valence electrons. The van der Waals surface area contributed by atoms with Gasteiger partial charge in [0, 0.05) is 13.1 Å². The van der Waals surface area contributed by atoms with E-state index in [2.05, 4.69) is 41.7 Å². The number of methoxy groups -OCH3 is 1. The standard InChI is InChI=1S/C21H27NO/c1-23-21-12-10-17(11-13-21)15-22-16-18-6-5-9-20(14-18)19-7-3-2-4-8-19/h5-6,9-14,19,22H,2-4,7-8,15-16H2,1H3. The SMILES string of the molecule is COc1ccc(CNCc2cccc(C3CCCCC3)c2)cc1. The van der Waals surface area contributed by atoms with Crippen molar-refractivity contribution in [2.45, 2.75) is 51.1 Å². The molecule has 3 rings (SSSR count). The van der Waals surface area contributed by atoms with Crippen LogP contribution in [0.15, 0.2) is 48.5 Å². The third kappa shape index (κ3) is 4.59. The predicted molar refractivity (Wildman–Crippen MR) is 95.8 cm³/mol. The van der Waals surface area contributed by atoms with Crippen molar-refractivity contribution in [1.29, 1.82) is 0 Å². The van der Waals surface area contributed by atoms with Crippen molar-refractivity contribution in [3.63, 3.8) is 0 Å². The van der Waals surface area contributed by atoms with Gasteiger partial charge in [0.1, 0.15) is 5.75 Å². The highest BCUT2D eigenvalue weighted by Gasteiger charge is 2.15. The van der Waals surface area contributed by atoms with Gasteiger partial charge in [0.2, 0.25) is 0 Å². The lowest BCUT2D eigenvalue weighted by Gasteiger charge is -2.22. The van der Waals surface area contributed by atoms with Crippen LogP contribution in [0.4, 0.5) is 0 Å². The second-order valence-electron chi connectivity index (χ2n) is 6.53. The molecule has 2 heteroatoms. The van der Waals surface area contributed by atoms with Crippen LogP contribution in [0, 0.1) is 0 Å². The summed E-state index contributed by atoms with van der Waals surface area (Å²) < 4.78 is 5.19. The van der Waals surface area contributed by atoms with Gasteiger partial charge in [0.15, 0.2) is 0 Å². The molecular formula is C21H27NO. The van der Waals surface area contributed by atoms with Crippen LogP contribution in [0.25, 0.3) is 0 Å². The van der Waals surface area contributed by atoms with Gasteiger partial charge in [0.25, 0.3) is 0 Å². The summed E-state index contributed by atoms with van der Waals surface area (Å²) in [5.74, 6) is 1.69. The first kappa shape index (κ1) is 16.1. The average Bonchev–Trinajstić information content (AvgIpc) is 2.63. The largest absolute Gasteiger partial charge is 0.497 e. The molecule has 0 amide bonds. The first-order chi connectivity index (χ1) is 11.3. The Hall–Kier alpha value is -1.80. The number of hydrogen-bond donors (Lipinski definition) is 1. The highest BCUT2D eigenvalue weighted by Crippen LogP contribution is 2.32. The van der Waals surface area contributed by atoms with E-state index in [0.717, 1.165) is 24.8 Å². The quantitative estimate of drug-likeness (QED) is 0.808. The van der Waals surface area contributed by atoms with Crippen LogP contribution >= 0.6 is 0 Å². The molecule has 0 aliphatic heterocycles. The zero-order valence-corrected chi connectivity index (χ0v) is 14.1. The van der Waals surface area contributed by atoms with Crippen LogP contribution in [-0.2, 0) is 13.1 Å². The molecule has 2 aromatic rings. The number of hydrogen-bond acceptors (Lipinski definition) is 2. The molecule has 0 unspecified atom stereocenters. The fourth-order valence-corrected chi connectivity index (χ4v) is 3.49. The lowest BCUT2D eigenvalue weighted by Crippen LogP contribution is -2.13. The molecule has 0 bridgehead atoms. The van der Waals surface area contributed by atoms with Crippen LogP contribution in [0.1, 0.15) is 54.7 Å². The highest BCUT2D eigenvalue weighted by atomic mass is 16.5. The molecule has 0 radical (unpaired) electrons. The van der Waals surface area contributed by atoms with Crippen LogP contribution in [0.5, 0.6) is 5.75 Å². The zero-order valence-electron chi connectivity index (χ0n) is 14.1. The van der Waals surface area contributed by atoms with Crippen LogP contribution in [0.2, 0.25) is 0 Å². The van der Waals surface area contributed by atoms with E-state index in [1.807, 2.05) is 12.1 Å². The van der Waals surface area contributed by atoms with E-state index >= 15 is 0 Å². The Balaban J connectivity index is 1.53. The van der Waals surface area contributed by atoms with Crippen molar-refractivity contribution in [3.8, 4) is 5.75 Å². The maximum absolute atomic E-state index is 5.19. The van der Waals surface area contributed by atoms with Crippen LogP contribution in [-0.4, -0.2) is 7.11 Å². The van der Waals surface area contributed by atoms with Crippen molar-refractivity contribution in [3.05, 3.63) is 65.2 Å². The summed E-state index contributed by atoms with van der Waals surface area (Å²) in [6.07, 6.45) is 6.93. The van der Waals surface area contributed by atoms with Gasteiger partial charge in [-0.25, -0.2) is 0 Å². The molecule has 2 nitrogen and oxygen atoms in total. The summed E-state index contributed by atoms with van der Waals surface area (Å²) in [4.78, 5) is 0. The topological polar surface area (TPSA) is 21.3 Å². The normalized spacial score (nSPS) is 15.5. The molecule has 1 saturated carbocycles. The van der Waals surface area contributed by atoms with Gasteiger partial charge in [-0.15, -0.1) is 0 Å². The average molecular weight is 309 g/mol. The third-order valence-corrected chi connectivity index (χ3v) is 4.84. The van der Waals surface area contributed by atoms with Crippen LogP contribution in [0.3, 0.4) is 0 Å². The minimum atomic E-state index is 0.783. The molecule has 23 heavy (non-hydrogen) atoms. The number of benzene rings is 2. The van der Waals surface area contributed by atoms with Gasteiger partial charge in [0.05, 0.1) is 7.11 Å². The van der Waals surface area contributed by atoms with Gasteiger partial charge in [-0.1, -0.05) is 55.7 Å². The minimum Gasteiger partial charge on any atom is -0.497 e. The fraction of sp³-hybridized carbons (Fsp3) is 0.429. The minimum absolute atomic E-state index is 0.783. The number of rotatable bonds is 6. The molecule has 1 N–H and O–H groups in total. The van der Waals surface area contributed by atoms with Crippen molar-refractivity contribution >= 4 is 0 Å². The smallest absolute Gasteiger partial charge is 0.118 e. The molecule has 1 aliphatic rings. The van der Waals surface area contributed by atoms with Gasteiger partial charge in [-0.2, -0.15) is 0 Å². The zero-order chi connectivity index (χ0) is 15.9. The van der Waals surface area contributed by atoms with E-state index in [4.69, 9.17) is 4.74 Å². The fourth-order valence-electron chi connectivity index (χ4n) is 3.49. The number of ether oxygens (including phenoxy) is 1. The predicted octanol–water partition coefficient (Wildman–Crippen LogP) is 5.03. The molecule has 1 fully saturated rings. The van der Waals surface area contributed by atoms with Gasteiger partial charge >= 0.3 is 0 Å². The van der Waals surface area contributed by atoms with E-state index in [9.17, 15) is 0 Å². The Morgan fingerprint density at radius 3 is 2.39 bits per heavy atom. The van der Waals surface area contributed by atoms with Crippen molar-refractivity contribution in [1.82, 2.24) is 5.32 Å². The van der Waals surface area contributed by atoms with Gasteiger partial charge in [-0.3, -0.25) is 0 Å². The lowest BCUT2D eigenvalue weighted by molar-refractivity contribution is 0.414. The van der Waals surface area contributed by atoms with E-state index in [0.29, 0.717) is 0 Å². The molecule has 0 atom stereocenters. The summed E-state index contributed by atoms with van der Waals surface area (Å²) in [5.41, 5.74) is 4.21. The summed E-state index contributed by atoms with van der Waals surface area (Å²) >= 11 is 0. The van der Waals surface area contributed by atoms with Gasteiger partial charge < -0.3 is 10.1 Å². The van der Waals surface area contributed by atoms with Crippen LogP contribution < -0.4 is 10.1 Å². The molecule has 1 aliphatic carbocycles. The Labute approximate surface area is 139 Å². The summed E-state index contributed by atoms with van der Waals surface area (Å²) in [5, 5.41) is 3.54. The first-order valence-electron chi connectivity index (χ1n) is 8.77. The molecular weight excluding hydrogens is 282 g/mol. The van der Waals surface area contributed by atoms with E-state index in [1.165, 1.54) is 48.8 Å². The van der Waals surface area contributed by atoms with Crippen molar-refractivity contribution in [2.75, 3.05) is 7.11 Å². The highest BCUT2D eigenvalue weighted by molar-refractivity contribution is 5.28. The lowest BCUT2D eigenvalue weighted by atomic mass is 9.83. The summed E-state index contributed by atoms with van der Waals surface area (Å²) in [6, 6.07) is 17.4. The van der Waals surface area contributed by atoms with Gasteiger partial charge in [-0.05, 0) is 47.6 Å². The Bertz CT molecular complexity index is 599. The Morgan fingerprint density at radius 1 is 0.913 bits per heavy atom. The molecule has 0 aromatic heterocycles. The first-order valence-corrected chi connectivity index (χ1v) is 8.77. The second-order valence-corrected chi connectivity index (χ2v) is 6.53. The van der Waals surface area contributed by atoms with Crippen molar-refractivity contribution < 1.29 is 4.74 Å². The number of nitrogens with one attached hydrogen (secondary N) is 1. The maximum atomic E-state index is 5.19. The Morgan fingerprint density at radius 2 is 1.65 bits per heavy atom. The monoisotopic (exact) mass is 309 g/mol. The third-order valence-electron chi connectivity index (χ3n) is 4.84. The molecule has 2 aromatic carbocycles. The summed E-state index contributed by atoms with van der Waals surface area (Å²) in [7, 11) is 1.70. The molecule has 0 heterocycles. The summed E-state index contributed by atoms with van der Waals surface area (Å²) in [6.45, 7) is 1.81. The van der Waals surface area contributed by atoms with E-state index in [1.54, 1.807) is 7.11 Å². The van der Waals surface area contributed by atoms with Crippen molar-refractivity contribution in [2.24, 2.45) is 0 Å². The molecule has 0 saturated heterocycles. The molecule has 0 spiro atoms. The van der Waals surface area contributed by atoms with E-state index in [-0.39, 0.29) is 0 Å². The maximum Gasteiger partial charge on any atom is 0.118 e. The second kappa shape index (κ2) is 8.16. The van der Waals surface area contributed by atoms with E-state index < -0.39 is 0 Å². The Kier molecular flexibility index (Phi) is 5.71.